The van der Waals surface area contributed by atoms with Crippen LogP contribution in [0.2, 0.25) is 0 Å². The maximum Gasteiger partial charge on any atom is 0.178 e. The molecular weight excluding hydrogens is 266 g/mol. The lowest BCUT2D eigenvalue weighted by atomic mass is 9.95. The first kappa shape index (κ1) is 13.8. The fourth-order valence-corrected chi connectivity index (χ4v) is 3.89. The van der Waals surface area contributed by atoms with Crippen molar-refractivity contribution < 1.29 is 0 Å². The fraction of sp³-hybridized carbons (Fsp3) is 0.562. The van der Waals surface area contributed by atoms with Crippen LogP contribution in [0.25, 0.3) is 11.0 Å². The first-order valence-corrected chi connectivity index (χ1v) is 7.80. The van der Waals surface area contributed by atoms with Crippen LogP contribution < -0.4 is 0 Å². The van der Waals surface area contributed by atoms with Crippen molar-refractivity contribution in [1.29, 1.82) is 0 Å². The Labute approximate surface area is 125 Å². The molecule has 0 amide bonds. The van der Waals surface area contributed by atoms with Crippen LogP contribution >= 0.6 is 12.2 Å². The number of nitrogens with zero attached hydrogens (tertiary/aromatic N) is 2. The molecule has 1 fully saturated rings. The molecular formula is C16H23N3S. The number of aryl methyl sites for hydroxylation is 1. The van der Waals surface area contributed by atoms with Gasteiger partial charge in [0.25, 0.3) is 0 Å². The maximum absolute atomic E-state index is 5.57. The van der Waals surface area contributed by atoms with E-state index in [1.54, 1.807) is 0 Å². The summed E-state index contributed by atoms with van der Waals surface area (Å²) in [7, 11) is 4.41. The van der Waals surface area contributed by atoms with E-state index in [0.29, 0.717) is 0 Å². The average molecular weight is 289 g/mol. The van der Waals surface area contributed by atoms with Gasteiger partial charge in [-0.2, -0.15) is 0 Å². The molecule has 20 heavy (non-hydrogen) atoms. The molecule has 1 N–H and O–H groups in total. The molecule has 0 unspecified atom stereocenters. The summed E-state index contributed by atoms with van der Waals surface area (Å²) >= 11 is 5.57. The van der Waals surface area contributed by atoms with E-state index in [9.17, 15) is 0 Å². The number of hydrogen-bond donors (Lipinski definition) is 1. The van der Waals surface area contributed by atoms with Gasteiger partial charge in [0.15, 0.2) is 4.77 Å². The lowest BCUT2D eigenvalue weighted by Crippen LogP contribution is -2.45. The zero-order valence-electron chi connectivity index (χ0n) is 12.6. The predicted octanol–water partition coefficient (Wildman–Crippen LogP) is 3.88. The van der Waals surface area contributed by atoms with Crippen molar-refractivity contribution in [3.63, 3.8) is 0 Å². The first-order valence-electron chi connectivity index (χ1n) is 7.39. The van der Waals surface area contributed by atoms with E-state index in [0.717, 1.165) is 16.8 Å². The third-order valence-electron chi connectivity index (χ3n) is 4.93. The molecule has 1 saturated carbocycles. The quantitative estimate of drug-likeness (QED) is 0.867. The second kappa shape index (κ2) is 5.01. The number of para-hydroxylation sites is 1. The molecule has 1 aromatic heterocycles. The Balaban J connectivity index is 2.11. The molecule has 0 aliphatic heterocycles. The van der Waals surface area contributed by atoms with Gasteiger partial charge in [0.1, 0.15) is 0 Å². The highest BCUT2D eigenvalue weighted by Crippen LogP contribution is 2.36. The Morgan fingerprint density at radius 3 is 2.65 bits per heavy atom. The summed E-state index contributed by atoms with van der Waals surface area (Å²) in [6, 6.07) is 6.37. The van der Waals surface area contributed by atoms with E-state index in [-0.39, 0.29) is 5.54 Å². The Hall–Kier alpha value is -1.13. The van der Waals surface area contributed by atoms with E-state index >= 15 is 0 Å². The van der Waals surface area contributed by atoms with Crippen molar-refractivity contribution in [2.75, 3.05) is 14.1 Å². The molecule has 0 spiro atoms. The Kier molecular flexibility index (Phi) is 3.46. The SMILES string of the molecule is Cc1cccc2[nH]c(=S)n(CC3(N(C)C)CCCC3)c12. The highest BCUT2D eigenvalue weighted by molar-refractivity contribution is 7.71. The zero-order chi connectivity index (χ0) is 14.3. The Bertz CT molecular complexity index is 675. The molecule has 0 atom stereocenters. The molecule has 1 aliphatic rings. The molecule has 0 bridgehead atoms. The van der Waals surface area contributed by atoms with Crippen LogP contribution in [0.4, 0.5) is 0 Å². The van der Waals surface area contributed by atoms with E-state index in [1.807, 2.05) is 0 Å². The summed E-state index contributed by atoms with van der Waals surface area (Å²) in [4.78, 5) is 5.76. The van der Waals surface area contributed by atoms with Crippen molar-refractivity contribution in [1.82, 2.24) is 14.5 Å². The number of H-pyrrole nitrogens is 1. The monoisotopic (exact) mass is 289 g/mol. The van der Waals surface area contributed by atoms with Gasteiger partial charge in [-0.15, -0.1) is 0 Å². The van der Waals surface area contributed by atoms with E-state index in [2.05, 4.69) is 53.7 Å². The zero-order valence-corrected chi connectivity index (χ0v) is 13.4. The minimum atomic E-state index is 0.260. The van der Waals surface area contributed by atoms with Gasteiger partial charge in [-0.3, -0.25) is 0 Å². The number of fused-ring (bicyclic) bond motifs is 1. The molecule has 1 aromatic carbocycles. The summed E-state index contributed by atoms with van der Waals surface area (Å²) in [5.74, 6) is 0. The number of imidazole rings is 1. The highest BCUT2D eigenvalue weighted by atomic mass is 32.1. The molecule has 1 heterocycles. The lowest BCUT2D eigenvalue weighted by Gasteiger charge is -2.37. The largest absolute Gasteiger partial charge is 0.331 e. The lowest BCUT2D eigenvalue weighted by molar-refractivity contribution is 0.135. The van der Waals surface area contributed by atoms with Crippen LogP contribution in [-0.4, -0.2) is 34.1 Å². The third-order valence-corrected chi connectivity index (χ3v) is 5.25. The second-order valence-corrected chi connectivity index (χ2v) is 6.70. The molecule has 1 aliphatic carbocycles. The van der Waals surface area contributed by atoms with Crippen LogP contribution in [0.3, 0.4) is 0 Å². The van der Waals surface area contributed by atoms with Crippen LogP contribution in [0.5, 0.6) is 0 Å². The van der Waals surface area contributed by atoms with E-state index in [4.69, 9.17) is 12.2 Å². The summed E-state index contributed by atoms with van der Waals surface area (Å²) in [5, 5.41) is 0. The molecule has 3 nitrogen and oxygen atoms in total. The maximum atomic E-state index is 5.57. The van der Waals surface area contributed by atoms with Crippen LogP contribution in [0.1, 0.15) is 31.2 Å². The first-order chi connectivity index (χ1) is 9.53. The molecule has 0 saturated heterocycles. The van der Waals surface area contributed by atoms with Gasteiger partial charge < -0.3 is 14.5 Å². The fourth-order valence-electron chi connectivity index (χ4n) is 3.63. The molecule has 4 heteroatoms. The van der Waals surface area contributed by atoms with Gasteiger partial charge in [-0.1, -0.05) is 25.0 Å². The van der Waals surface area contributed by atoms with Gasteiger partial charge in [-0.25, -0.2) is 0 Å². The van der Waals surface area contributed by atoms with E-state index in [1.165, 1.54) is 36.8 Å². The molecule has 3 rings (SSSR count). The van der Waals surface area contributed by atoms with Crippen molar-refractivity contribution in [3.8, 4) is 0 Å². The van der Waals surface area contributed by atoms with Crippen molar-refractivity contribution >= 4 is 23.3 Å². The summed E-state index contributed by atoms with van der Waals surface area (Å²) in [6.07, 6.45) is 5.18. The highest BCUT2D eigenvalue weighted by Gasteiger charge is 2.36. The number of aromatic nitrogens is 2. The topological polar surface area (TPSA) is 24.0 Å². The summed E-state index contributed by atoms with van der Waals surface area (Å²) in [6.45, 7) is 3.15. The van der Waals surface area contributed by atoms with Gasteiger partial charge >= 0.3 is 0 Å². The predicted molar refractivity (Wildman–Crippen MR) is 86.7 cm³/mol. The number of rotatable bonds is 3. The Morgan fingerprint density at radius 1 is 1.30 bits per heavy atom. The Morgan fingerprint density at radius 2 is 2.00 bits per heavy atom. The average Bonchev–Trinajstić information content (AvgIpc) is 2.97. The smallest absolute Gasteiger partial charge is 0.178 e. The van der Waals surface area contributed by atoms with Crippen molar-refractivity contribution in [3.05, 3.63) is 28.5 Å². The van der Waals surface area contributed by atoms with Crippen molar-refractivity contribution in [2.24, 2.45) is 0 Å². The van der Waals surface area contributed by atoms with Gasteiger partial charge in [-0.05, 0) is 57.7 Å². The van der Waals surface area contributed by atoms with E-state index < -0.39 is 0 Å². The standard InChI is InChI=1S/C16H23N3S/c1-12-7-6-8-13-14(12)19(15(20)17-13)11-16(18(2)3)9-4-5-10-16/h6-8H,4-5,9-11H2,1-3H3,(H,17,20). The summed E-state index contributed by atoms with van der Waals surface area (Å²) < 4.78 is 3.16. The number of aromatic amines is 1. The van der Waals surface area contributed by atoms with Crippen molar-refractivity contribution in [2.45, 2.75) is 44.7 Å². The van der Waals surface area contributed by atoms with Gasteiger partial charge in [0.05, 0.1) is 11.0 Å². The normalized spacial score (nSPS) is 18.2. The minimum Gasteiger partial charge on any atom is -0.331 e. The molecule has 2 aromatic rings. The third kappa shape index (κ3) is 2.11. The van der Waals surface area contributed by atoms with Crippen LogP contribution in [0.15, 0.2) is 18.2 Å². The number of nitrogens with one attached hydrogen (secondary N) is 1. The number of hydrogen-bond acceptors (Lipinski definition) is 2. The van der Waals surface area contributed by atoms with Crippen LogP contribution in [0, 0.1) is 11.7 Å². The number of likely N-dealkylation sites (N-methyl/N-ethyl adjacent to an activating group) is 1. The summed E-state index contributed by atoms with van der Waals surface area (Å²) in [5.41, 5.74) is 3.98. The minimum absolute atomic E-state index is 0.260. The van der Waals surface area contributed by atoms with Crippen LogP contribution in [-0.2, 0) is 6.54 Å². The number of benzene rings is 1. The van der Waals surface area contributed by atoms with Gasteiger partial charge in [0.2, 0.25) is 0 Å². The van der Waals surface area contributed by atoms with Gasteiger partial charge in [0, 0.05) is 12.1 Å². The second-order valence-electron chi connectivity index (χ2n) is 6.31. The molecule has 0 radical (unpaired) electrons. The molecule has 108 valence electrons.